The van der Waals surface area contributed by atoms with Gasteiger partial charge >= 0.3 is 0 Å². The molecular formula is C72H40N6. The summed E-state index contributed by atoms with van der Waals surface area (Å²) >= 11 is 0. The highest BCUT2D eigenvalue weighted by molar-refractivity contribution is 6.31. The van der Waals surface area contributed by atoms with E-state index in [0.29, 0.717) is 0 Å². The van der Waals surface area contributed by atoms with Crippen molar-refractivity contribution in [3.8, 4) is 33.6 Å². The fourth-order valence-electron chi connectivity index (χ4n) is 14.2. The van der Waals surface area contributed by atoms with E-state index in [-0.39, 0.29) is 0 Å². The Morgan fingerprint density at radius 2 is 0.615 bits per heavy atom. The van der Waals surface area contributed by atoms with Gasteiger partial charge in [0.1, 0.15) is 11.0 Å². The van der Waals surface area contributed by atoms with E-state index in [9.17, 15) is 0 Å². The third-order valence-corrected chi connectivity index (χ3v) is 17.3. The highest BCUT2D eigenvalue weighted by Crippen LogP contribution is 2.49. The van der Waals surface area contributed by atoms with Crippen LogP contribution < -0.4 is 0 Å². The summed E-state index contributed by atoms with van der Waals surface area (Å²) < 4.78 is 9.70. The summed E-state index contributed by atoms with van der Waals surface area (Å²) in [7, 11) is 0. The van der Waals surface area contributed by atoms with E-state index >= 15 is 0 Å². The maximum Gasteiger partial charge on any atom is 0.165 e. The molecule has 0 unspecified atom stereocenters. The van der Waals surface area contributed by atoms with Gasteiger partial charge in [-0.15, -0.1) is 0 Å². The molecule has 0 spiro atoms. The maximum atomic E-state index is 5.90. The van der Waals surface area contributed by atoms with Crippen LogP contribution in [-0.4, -0.2) is 27.9 Å². The Morgan fingerprint density at radius 1 is 0.244 bits per heavy atom. The van der Waals surface area contributed by atoms with Crippen LogP contribution in [0.5, 0.6) is 0 Å². The van der Waals surface area contributed by atoms with Gasteiger partial charge < -0.3 is 9.13 Å². The molecule has 78 heavy (non-hydrogen) atoms. The van der Waals surface area contributed by atoms with E-state index < -0.39 is 0 Å². The summed E-state index contributed by atoms with van der Waals surface area (Å²) in [4.78, 5) is 11.8. The third kappa shape index (κ3) is 5.07. The molecule has 0 bridgehead atoms. The second-order valence-electron chi connectivity index (χ2n) is 21.2. The van der Waals surface area contributed by atoms with Gasteiger partial charge in [-0.25, -0.2) is 9.97 Å². The summed E-state index contributed by atoms with van der Waals surface area (Å²) in [5, 5.41) is 16.7. The molecule has 7 heterocycles. The molecule has 0 N–H and O–H groups in total. The molecule has 7 aromatic heterocycles. The van der Waals surface area contributed by atoms with Gasteiger partial charge in [0, 0.05) is 76.4 Å². The third-order valence-electron chi connectivity index (χ3n) is 17.3. The molecule has 0 aliphatic heterocycles. The number of hydrogen-bond donors (Lipinski definition) is 0. The molecule has 0 aliphatic carbocycles. The van der Waals surface area contributed by atoms with Crippen molar-refractivity contribution in [2.24, 2.45) is 0 Å². The van der Waals surface area contributed by atoms with E-state index in [4.69, 9.17) is 9.97 Å². The van der Waals surface area contributed by atoms with Crippen molar-refractivity contribution in [1.29, 1.82) is 0 Å². The first kappa shape index (κ1) is 40.8. The molecule has 0 amide bonds. The zero-order chi connectivity index (χ0) is 50.5. The molecule has 19 rings (SSSR count). The van der Waals surface area contributed by atoms with Gasteiger partial charge in [-0.1, -0.05) is 170 Å². The fraction of sp³-hybridized carbons (Fsp3) is 0. The van der Waals surface area contributed by atoms with Crippen LogP contribution in [0.25, 0.3) is 175 Å². The predicted octanol–water partition coefficient (Wildman–Crippen LogP) is 18.6. The van der Waals surface area contributed by atoms with E-state index in [0.717, 1.165) is 77.7 Å². The van der Waals surface area contributed by atoms with Crippen LogP contribution in [0.15, 0.2) is 243 Å². The molecule has 19 aromatic rings. The Kier molecular flexibility index (Phi) is 7.65. The number of aromatic nitrogens is 6. The number of nitrogens with zero attached hydrogens (tertiary/aromatic N) is 6. The highest BCUT2D eigenvalue weighted by Gasteiger charge is 2.29. The van der Waals surface area contributed by atoms with E-state index in [2.05, 4.69) is 261 Å². The molecule has 0 saturated carbocycles. The van der Waals surface area contributed by atoms with Crippen LogP contribution in [0.1, 0.15) is 0 Å². The molecule has 6 heteroatoms. The van der Waals surface area contributed by atoms with Crippen LogP contribution in [-0.2, 0) is 0 Å². The van der Waals surface area contributed by atoms with E-state index in [1.165, 1.54) is 97.8 Å². The predicted molar refractivity (Wildman–Crippen MR) is 326 cm³/mol. The molecule has 0 saturated heterocycles. The van der Waals surface area contributed by atoms with Crippen molar-refractivity contribution >= 4 is 142 Å². The zero-order valence-corrected chi connectivity index (χ0v) is 41.8. The topological polar surface area (TPSA) is 44.5 Å². The molecule has 0 aliphatic rings. The molecule has 0 radical (unpaired) electrons. The van der Waals surface area contributed by atoms with Crippen molar-refractivity contribution in [3.05, 3.63) is 243 Å². The van der Waals surface area contributed by atoms with Crippen LogP contribution in [0.3, 0.4) is 0 Å². The molecular weight excluding hydrogens is 949 g/mol. The molecule has 0 atom stereocenters. The molecule has 6 nitrogen and oxygen atoms in total. The van der Waals surface area contributed by atoms with Crippen LogP contribution in [0.4, 0.5) is 0 Å². The van der Waals surface area contributed by atoms with Gasteiger partial charge in [0.2, 0.25) is 0 Å². The minimum absolute atomic E-state index is 0.867. The Hall–Kier alpha value is -10.6. The summed E-state index contributed by atoms with van der Waals surface area (Å²) in [6.07, 6.45) is 0. The van der Waals surface area contributed by atoms with E-state index in [1.54, 1.807) is 0 Å². The lowest BCUT2D eigenvalue weighted by Gasteiger charge is -2.13. The second-order valence-corrected chi connectivity index (χ2v) is 21.2. The lowest BCUT2D eigenvalue weighted by atomic mass is 9.93. The smallest absolute Gasteiger partial charge is 0.165 e. The van der Waals surface area contributed by atoms with Crippen LogP contribution in [0.2, 0.25) is 0 Å². The van der Waals surface area contributed by atoms with Gasteiger partial charge in [0.25, 0.3) is 0 Å². The number of hydrogen-bond acceptors (Lipinski definition) is 2. The van der Waals surface area contributed by atoms with Gasteiger partial charge in [-0.3, -0.25) is 8.80 Å². The molecule has 358 valence electrons. The van der Waals surface area contributed by atoms with Gasteiger partial charge in [-0.05, 0) is 105 Å². The number of rotatable bonds is 4. The SMILES string of the molecule is c1ccc(-n2c3ccccc3c3cc(-c4c5ccccc5cc5c6cccc7c8nc9c(nc8n(c45)c67)c4cccc5c6cc7ccccc7c(-c7ccc8c(c7)c7ccccc7n8-c7ccccc7)c6n9c54)ccc32)cc1. The first-order valence-corrected chi connectivity index (χ1v) is 26.8. The average Bonchev–Trinajstić information content (AvgIpc) is 3.82. The van der Waals surface area contributed by atoms with Crippen molar-refractivity contribution in [2.75, 3.05) is 0 Å². The van der Waals surface area contributed by atoms with Crippen molar-refractivity contribution < 1.29 is 0 Å². The van der Waals surface area contributed by atoms with Crippen molar-refractivity contribution in [2.45, 2.75) is 0 Å². The summed E-state index contributed by atoms with van der Waals surface area (Å²) in [5.74, 6) is 0. The maximum absolute atomic E-state index is 5.90. The largest absolute Gasteiger partial charge is 0.309 e. The quantitative estimate of drug-likeness (QED) is 0.176. The van der Waals surface area contributed by atoms with Gasteiger partial charge in [-0.2, -0.15) is 0 Å². The number of para-hydroxylation sites is 6. The lowest BCUT2D eigenvalue weighted by molar-refractivity contribution is 1.18. The Morgan fingerprint density at radius 3 is 1.08 bits per heavy atom. The summed E-state index contributed by atoms with van der Waals surface area (Å²) in [6, 6.07) is 89.2. The minimum atomic E-state index is 0.867. The Balaban J connectivity index is 0.922. The second kappa shape index (κ2) is 14.6. The fourth-order valence-corrected chi connectivity index (χ4v) is 14.2. The minimum Gasteiger partial charge on any atom is -0.309 e. The lowest BCUT2D eigenvalue weighted by Crippen LogP contribution is -1.94. The normalized spacial score (nSPS) is 12.6. The highest BCUT2D eigenvalue weighted by atomic mass is 15.1. The number of benzene rings is 12. The summed E-state index contributed by atoms with van der Waals surface area (Å²) in [6.45, 7) is 0. The van der Waals surface area contributed by atoms with Crippen molar-refractivity contribution in [1.82, 2.24) is 27.9 Å². The number of fused-ring (bicyclic) bond motifs is 20. The molecule has 0 fully saturated rings. The standard InChI is InChI=1S/C72H40N6/c1-3-19-45(20-4-1)75-59-31-13-11-25-49(59)55-39-43(33-35-61(55)75)63-47-23-9-7-17-41(47)37-57-51-27-15-29-53-65-71(77(67(51)53)69(57)63)73-66-54-30-16-28-52-58-38-42-18-8-10-24-48(42)64(70(58)78(68(52)54)72(66)74-65)44-34-36-62-56(40-44)50-26-12-14-32-60(50)76(62)46-21-5-2-6-22-46/h1-40H. The van der Waals surface area contributed by atoms with Crippen molar-refractivity contribution in [3.63, 3.8) is 0 Å². The first-order chi connectivity index (χ1) is 38.7. The van der Waals surface area contributed by atoms with Crippen LogP contribution >= 0.6 is 0 Å². The molecule has 12 aromatic carbocycles. The monoisotopic (exact) mass is 988 g/mol. The first-order valence-electron chi connectivity index (χ1n) is 26.8. The van der Waals surface area contributed by atoms with E-state index in [1.807, 2.05) is 0 Å². The van der Waals surface area contributed by atoms with Crippen LogP contribution in [0, 0.1) is 0 Å². The zero-order valence-electron chi connectivity index (χ0n) is 41.8. The Bertz CT molecular complexity index is 5440. The average molecular weight is 989 g/mol. The van der Waals surface area contributed by atoms with Gasteiger partial charge in [0.05, 0.1) is 44.1 Å². The summed E-state index contributed by atoms with van der Waals surface area (Å²) in [5.41, 5.74) is 19.9. The van der Waals surface area contributed by atoms with Gasteiger partial charge in [0.15, 0.2) is 11.3 Å². The Labute approximate surface area is 443 Å².